The Labute approximate surface area is 160 Å². The van der Waals surface area contributed by atoms with E-state index in [2.05, 4.69) is 15.6 Å². The minimum Gasteiger partial charge on any atom is -0.378 e. The fourth-order valence-corrected chi connectivity index (χ4v) is 3.63. The van der Waals surface area contributed by atoms with E-state index in [0.29, 0.717) is 42.7 Å². The summed E-state index contributed by atoms with van der Waals surface area (Å²) in [6.45, 7) is 2.26. The van der Waals surface area contributed by atoms with Crippen LogP contribution in [0.15, 0.2) is 48.5 Å². The first-order chi connectivity index (χ1) is 13.2. The Hall–Kier alpha value is -2.97. The minimum absolute atomic E-state index is 0.162. The molecule has 0 atom stereocenters. The number of morpholine rings is 1. The fraction of sp³-hybridized carbons (Fsp3) is 0.211. The average Bonchev–Trinajstić information content (AvgIpc) is 3.11. The second-order valence-corrected chi connectivity index (χ2v) is 7.08. The van der Waals surface area contributed by atoms with E-state index in [4.69, 9.17) is 4.74 Å². The summed E-state index contributed by atoms with van der Waals surface area (Å²) in [5.41, 5.74) is 2.00. The predicted molar refractivity (Wildman–Crippen MR) is 105 cm³/mol. The monoisotopic (exact) mass is 382 g/mol. The van der Waals surface area contributed by atoms with Crippen LogP contribution in [0.3, 0.4) is 0 Å². The number of amides is 3. The molecular weight excluding hydrogens is 364 g/mol. The average molecular weight is 382 g/mol. The van der Waals surface area contributed by atoms with Crippen LogP contribution in [0, 0.1) is 0 Å². The smallest absolute Gasteiger partial charge is 0.321 e. The summed E-state index contributed by atoms with van der Waals surface area (Å²) < 4.78 is 6.26. The second kappa shape index (κ2) is 7.73. The maximum absolute atomic E-state index is 12.4. The van der Waals surface area contributed by atoms with E-state index < -0.39 is 0 Å². The Bertz CT molecular complexity index is 932. The van der Waals surface area contributed by atoms with Crippen molar-refractivity contribution in [1.82, 2.24) is 9.88 Å². The third-order valence-corrected chi connectivity index (χ3v) is 5.16. The zero-order valence-corrected chi connectivity index (χ0v) is 15.3. The zero-order valence-electron chi connectivity index (χ0n) is 14.5. The predicted octanol–water partition coefficient (Wildman–Crippen LogP) is 3.41. The van der Waals surface area contributed by atoms with Crippen molar-refractivity contribution in [2.24, 2.45) is 0 Å². The highest BCUT2D eigenvalue weighted by atomic mass is 32.1. The molecule has 0 radical (unpaired) electrons. The SMILES string of the molecule is O=C(Nc1nc2ccccc2s1)c1ccc(NC(=O)N2CCOCC2)cc1. The van der Waals surface area contributed by atoms with Crippen LogP contribution in [0.4, 0.5) is 15.6 Å². The third-order valence-electron chi connectivity index (χ3n) is 4.21. The van der Waals surface area contributed by atoms with E-state index in [0.717, 1.165) is 10.2 Å². The number of carbonyl (C=O) groups is 2. The highest BCUT2D eigenvalue weighted by Crippen LogP contribution is 2.25. The molecule has 0 aliphatic carbocycles. The number of urea groups is 1. The van der Waals surface area contributed by atoms with Crippen molar-refractivity contribution in [3.63, 3.8) is 0 Å². The number of nitrogens with zero attached hydrogens (tertiary/aromatic N) is 2. The van der Waals surface area contributed by atoms with E-state index >= 15 is 0 Å². The van der Waals surface area contributed by atoms with Gasteiger partial charge in [-0.25, -0.2) is 9.78 Å². The minimum atomic E-state index is -0.236. The summed E-state index contributed by atoms with van der Waals surface area (Å²) in [6, 6.07) is 14.4. The molecule has 1 aliphatic heterocycles. The summed E-state index contributed by atoms with van der Waals surface area (Å²) in [4.78, 5) is 30.7. The summed E-state index contributed by atoms with van der Waals surface area (Å²) in [6.07, 6.45) is 0. The number of anilines is 2. The molecule has 1 fully saturated rings. The van der Waals surface area contributed by atoms with Gasteiger partial charge in [0, 0.05) is 24.3 Å². The number of aromatic nitrogens is 1. The molecule has 0 spiro atoms. The molecule has 3 amide bonds. The van der Waals surface area contributed by atoms with E-state index in [1.165, 1.54) is 11.3 Å². The number of carbonyl (C=O) groups excluding carboxylic acids is 2. The van der Waals surface area contributed by atoms with Gasteiger partial charge in [0.2, 0.25) is 0 Å². The van der Waals surface area contributed by atoms with Crippen LogP contribution in [0.25, 0.3) is 10.2 Å². The molecule has 2 aromatic carbocycles. The van der Waals surface area contributed by atoms with E-state index in [1.54, 1.807) is 29.2 Å². The quantitative estimate of drug-likeness (QED) is 0.727. The van der Waals surface area contributed by atoms with E-state index in [1.807, 2.05) is 24.3 Å². The van der Waals surface area contributed by atoms with Crippen LogP contribution < -0.4 is 10.6 Å². The standard InChI is InChI=1S/C19H18N4O3S/c24-17(22-18-21-15-3-1-2-4-16(15)27-18)13-5-7-14(8-6-13)20-19(25)23-9-11-26-12-10-23/h1-8H,9-12H2,(H,20,25)(H,21,22,24). The van der Waals surface area contributed by atoms with Crippen LogP contribution in [0.2, 0.25) is 0 Å². The lowest BCUT2D eigenvalue weighted by Gasteiger charge is -2.26. The molecule has 4 rings (SSSR count). The number of nitrogens with one attached hydrogen (secondary N) is 2. The van der Waals surface area contributed by atoms with E-state index in [-0.39, 0.29) is 11.9 Å². The largest absolute Gasteiger partial charge is 0.378 e. The van der Waals surface area contributed by atoms with Crippen LogP contribution in [0.1, 0.15) is 10.4 Å². The van der Waals surface area contributed by atoms with Crippen molar-refractivity contribution in [1.29, 1.82) is 0 Å². The number of rotatable bonds is 3. The fourth-order valence-electron chi connectivity index (χ4n) is 2.77. The first kappa shape index (κ1) is 17.4. The Balaban J connectivity index is 1.39. The van der Waals surface area contributed by atoms with Crippen molar-refractivity contribution >= 4 is 44.3 Å². The number of hydrogen-bond donors (Lipinski definition) is 2. The van der Waals surface area contributed by atoms with Gasteiger partial charge in [0.1, 0.15) is 0 Å². The lowest BCUT2D eigenvalue weighted by Crippen LogP contribution is -2.43. The van der Waals surface area contributed by atoms with Gasteiger partial charge in [-0.2, -0.15) is 0 Å². The van der Waals surface area contributed by atoms with Crippen LogP contribution in [-0.4, -0.2) is 48.1 Å². The van der Waals surface area contributed by atoms with Crippen molar-refractivity contribution in [3.05, 3.63) is 54.1 Å². The van der Waals surface area contributed by atoms with Gasteiger partial charge in [0.05, 0.1) is 23.4 Å². The molecule has 1 saturated heterocycles. The molecule has 27 heavy (non-hydrogen) atoms. The molecule has 138 valence electrons. The van der Waals surface area contributed by atoms with Gasteiger partial charge < -0.3 is 15.0 Å². The lowest BCUT2D eigenvalue weighted by molar-refractivity contribution is 0.0564. The van der Waals surface area contributed by atoms with Crippen LogP contribution >= 0.6 is 11.3 Å². The second-order valence-electron chi connectivity index (χ2n) is 6.05. The van der Waals surface area contributed by atoms with Crippen molar-refractivity contribution in [3.8, 4) is 0 Å². The number of hydrogen-bond acceptors (Lipinski definition) is 5. The molecule has 1 aliphatic rings. The molecule has 2 heterocycles. The number of benzene rings is 2. The maximum atomic E-state index is 12.4. The van der Waals surface area contributed by atoms with Gasteiger partial charge in [-0.1, -0.05) is 23.5 Å². The van der Waals surface area contributed by atoms with Gasteiger partial charge in [-0.3, -0.25) is 10.1 Å². The summed E-state index contributed by atoms with van der Waals surface area (Å²) >= 11 is 1.43. The number of thiazole rings is 1. The Kier molecular flexibility index (Phi) is 4.99. The topological polar surface area (TPSA) is 83.6 Å². The van der Waals surface area contributed by atoms with Crippen molar-refractivity contribution in [2.75, 3.05) is 36.9 Å². The Morgan fingerprint density at radius 3 is 2.48 bits per heavy atom. The highest BCUT2D eigenvalue weighted by Gasteiger charge is 2.17. The van der Waals surface area contributed by atoms with Crippen molar-refractivity contribution in [2.45, 2.75) is 0 Å². The Morgan fingerprint density at radius 1 is 1.00 bits per heavy atom. The normalized spacial score (nSPS) is 14.1. The lowest BCUT2D eigenvalue weighted by atomic mass is 10.2. The first-order valence-corrected chi connectivity index (χ1v) is 9.41. The molecule has 8 heteroatoms. The summed E-state index contributed by atoms with van der Waals surface area (Å²) in [5, 5.41) is 6.21. The number of para-hydroxylation sites is 1. The Morgan fingerprint density at radius 2 is 1.74 bits per heavy atom. The molecule has 2 N–H and O–H groups in total. The highest BCUT2D eigenvalue weighted by molar-refractivity contribution is 7.22. The van der Waals surface area contributed by atoms with E-state index in [9.17, 15) is 9.59 Å². The number of ether oxygens (including phenoxy) is 1. The van der Waals surface area contributed by atoms with Crippen LogP contribution in [-0.2, 0) is 4.74 Å². The molecule has 0 saturated carbocycles. The third kappa shape index (κ3) is 4.07. The first-order valence-electron chi connectivity index (χ1n) is 8.60. The molecule has 1 aromatic heterocycles. The van der Waals surface area contributed by atoms with Crippen LogP contribution in [0.5, 0.6) is 0 Å². The van der Waals surface area contributed by atoms with Crippen molar-refractivity contribution < 1.29 is 14.3 Å². The summed E-state index contributed by atoms with van der Waals surface area (Å²) in [7, 11) is 0. The molecule has 0 bridgehead atoms. The van der Waals surface area contributed by atoms with Gasteiger partial charge in [0.25, 0.3) is 5.91 Å². The summed E-state index contributed by atoms with van der Waals surface area (Å²) in [5.74, 6) is -0.236. The maximum Gasteiger partial charge on any atom is 0.321 e. The molecular formula is C19H18N4O3S. The molecule has 7 nitrogen and oxygen atoms in total. The van der Waals surface area contributed by atoms with Gasteiger partial charge in [-0.15, -0.1) is 0 Å². The molecule has 3 aromatic rings. The van der Waals surface area contributed by atoms with Gasteiger partial charge in [-0.05, 0) is 36.4 Å². The zero-order chi connectivity index (χ0) is 18.6. The molecule has 0 unspecified atom stereocenters. The van der Waals surface area contributed by atoms with Gasteiger partial charge >= 0.3 is 6.03 Å². The number of fused-ring (bicyclic) bond motifs is 1. The van der Waals surface area contributed by atoms with Gasteiger partial charge in [0.15, 0.2) is 5.13 Å².